The maximum absolute atomic E-state index is 7.07. The normalized spacial score (nSPS) is 21.1. The predicted molar refractivity (Wildman–Crippen MR) is 229 cm³/mol. The van der Waals surface area contributed by atoms with E-state index in [2.05, 4.69) is 182 Å². The molecule has 55 heavy (non-hydrogen) atoms. The number of hydrogen-bond acceptors (Lipinski definition) is 3. The SMILES string of the molecule is Cc1ccccc1C1N=C(C2=CC3Oc4c(cccc4-n4c5ccccc5c5ccc6ccccc6c54)C3C=C2)N=C(c2ccc3c(c2)C=CCC=C3)C1C. The number of hydrogen-bond donors (Lipinski definition) is 0. The highest BCUT2D eigenvalue weighted by molar-refractivity contribution is 6.19. The van der Waals surface area contributed by atoms with Crippen molar-refractivity contribution < 1.29 is 4.74 Å². The van der Waals surface area contributed by atoms with Gasteiger partial charge < -0.3 is 9.30 Å². The maximum atomic E-state index is 7.07. The lowest BCUT2D eigenvalue weighted by molar-refractivity contribution is 0.268. The Kier molecular flexibility index (Phi) is 7.28. The average molecular weight is 710 g/mol. The minimum absolute atomic E-state index is 0.0663. The number of ether oxygens (including phenoxy) is 1. The van der Waals surface area contributed by atoms with Gasteiger partial charge >= 0.3 is 0 Å². The van der Waals surface area contributed by atoms with Crippen LogP contribution < -0.4 is 4.74 Å². The number of para-hydroxylation sites is 2. The topological polar surface area (TPSA) is 38.9 Å². The monoisotopic (exact) mass is 709 g/mol. The summed E-state index contributed by atoms with van der Waals surface area (Å²) in [6.07, 6.45) is 16.4. The van der Waals surface area contributed by atoms with Gasteiger partial charge in [-0.1, -0.05) is 147 Å². The smallest absolute Gasteiger partial charge is 0.155 e. The van der Waals surface area contributed by atoms with Crippen molar-refractivity contribution in [2.45, 2.75) is 38.3 Å². The van der Waals surface area contributed by atoms with Gasteiger partial charge in [0.2, 0.25) is 0 Å². The Hall–Kier alpha value is -6.52. The Morgan fingerprint density at radius 3 is 2.42 bits per heavy atom. The molecule has 264 valence electrons. The van der Waals surface area contributed by atoms with Crippen LogP contribution in [0.2, 0.25) is 0 Å². The van der Waals surface area contributed by atoms with Crippen molar-refractivity contribution in [1.82, 2.24) is 4.57 Å². The van der Waals surface area contributed by atoms with E-state index in [-0.39, 0.29) is 24.0 Å². The molecule has 4 heteroatoms. The quantitative estimate of drug-likeness (QED) is 0.179. The summed E-state index contributed by atoms with van der Waals surface area (Å²) in [4.78, 5) is 10.8. The van der Waals surface area contributed by atoms with E-state index in [9.17, 15) is 0 Å². The molecule has 4 aliphatic rings. The fourth-order valence-corrected chi connectivity index (χ4v) is 9.28. The Bertz CT molecular complexity index is 2930. The van der Waals surface area contributed by atoms with Gasteiger partial charge in [0, 0.05) is 39.1 Å². The molecule has 0 bridgehead atoms. The van der Waals surface area contributed by atoms with Crippen molar-refractivity contribution in [2.75, 3.05) is 0 Å². The number of rotatable bonds is 4. The number of benzene rings is 6. The van der Waals surface area contributed by atoms with Crippen LogP contribution in [0.1, 0.15) is 58.7 Å². The van der Waals surface area contributed by atoms with Crippen LogP contribution in [0.5, 0.6) is 5.75 Å². The van der Waals surface area contributed by atoms with Crippen LogP contribution in [0.15, 0.2) is 167 Å². The van der Waals surface area contributed by atoms with Gasteiger partial charge in [0.1, 0.15) is 11.9 Å². The lowest BCUT2D eigenvalue weighted by atomic mass is 9.83. The van der Waals surface area contributed by atoms with E-state index < -0.39 is 0 Å². The summed E-state index contributed by atoms with van der Waals surface area (Å²) in [6.45, 7) is 4.46. The lowest BCUT2D eigenvalue weighted by Crippen LogP contribution is -2.28. The lowest BCUT2D eigenvalue weighted by Gasteiger charge is -2.30. The molecule has 4 nitrogen and oxygen atoms in total. The van der Waals surface area contributed by atoms with E-state index in [0.717, 1.165) is 40.5 Å². The van der Waals surface area contributed by atoms with Gasteiger partial charge in [-0.05, 0) is 70.8 Å². The van der Waals surface area contributed by atoms with Crippen molar-refractivity contribution in [3.05, 3.63) is 191 Å². The molecular weight excluding hydrogens is 671 g/mol. The van der Waals surface area contributed by atoms with Gasteiger partial charge in [-0.25, -0.2) is 4.99 Å². The summed E-state index contributed by atoms with van der Waals surface area (Å²) in [5.41, 5.74) is 12.8. The summed E-state index contributed by atoms with van der Waals surface area (Å²) >= 11 is 0. The molecule has 2 aliphatic heterocycles. The third-order valence-corrected chi connectivity index (χ3v) is 12.0. The zero-order valence-corrected chi connectivity index (χ0v) is 30.9. The largest absolute Gasteiger partial charge is 0.483 e. The predicted octanol–water partition coefficient (Wildman–Crippen LogP) is 12.3. The number of aliphatic imine (C=N–C) groups is 2. The van der Waals surface area contributed by atoms with Crippen LogP contribution in [-0.4, -0.2) is 22.2 Å². The molecule has 7 aromatic rings. The van der Waals surface area contributed by atoms with Crippen LogP contribution in [0.4, 0.5) is 0 Å². The van der Waals surface area contributed by atoms with Crippen LogP contribution in [0.3, 0.4) is 0 Å². The van der Waals surface area contributed by atoms with Crippen LogP contribution in [0.25, 0.3) is 50.4 Å². The second-order valence-electron chi connectivity index (χ2n) is 15.2. The van der Waals surface area contributed by atoms with Gasteiger partial charge in [0.15, 0.2) is 5.84 Å². The Balaban J connectivity index is 1.03. The fourth-order valence-electron chi connectivity index (χ4n) is 9.28. The first-order chi connectivity index (χ1) is 27.1. The van der Waals surface area contributed by atoms with Crippen LogP contribution in [0, 0.1) is 12.8 Å². The van der Waals surface area contributed by atoms with E-state index in [0.29, 0.717) is 0 Å². The first-order valence-electron chi connectivity index (χ1n) is 19.4. The highest BCUT2D eigenvalue weighted by Gasteiger charge is 2.38. The second kappa shape index (κ2) is 12.5. The van der Waals surface area contributed by atoms with E-state index in [4.69, 9.17) is 14.7 Å². The van der Waals surface area contributed by atoms with Crippen LogP contribution >= 0.6 is 0 Å². The van der Waals surface area contributed by atoms with E-state index >= 15 is 0 Å². The number of fused-ring (bicyclic) bond motifs is 9. The van der Waals surface area contributed by atoms with Gasteiger partial charge in [-0.15, -0.1) is 0 Å². The van der Waals surface area contributed by atoms with E-state index in [1.807, 2.05) is 0 Å². The molecule has 11 rings (SSSR count). The summed E-state index contributed by atoms with van der Waals surface area (Å²) < 4.78 is 9.48. The molecule has 6 aromatic carbocycles. The minimum atomic E-state index is -0.178. The highest BCUT2D eigenvalue weighted by Crippen LogP contribution is 2.48. The number of aryl methyl sites for hydroxylation is 1. The molecule has 3 heterocycles. The van der Waals surface area contributed by atoms with Gasteiger partial charge in [-0.3, -0.25) is 4.99 Å². The van der Waals surface area contributed by atoms with Crippen molar-refractivity contribution >= 4 is 56.3 Å². The molecule has 2 aliphatic carbocycles. The summed E-state index contributed by atoms with van der Waals surface area (Å²) in [5.74, 6) is 1.87. The Morgan fingerprint density at radius 1 is 0.709 bits per heavy atom. The molecule has 0 radical (unpaired) electrons. The molecule has 0 fully saturated rings. The van der Waals surface area contributed by atoms with E-state index in [1.165, 1.54) is 60.4 Å². The molecule has 0 saturated carbocycles. The zero-order chi connectivity index (χ0) is 36.6. The molecule has 0 N–H and O–H groups in total. The molecule has 1 aromatic heterocycles. The Labute approximate surface area is 320 Å². The molecule has 4 unspecified atom stereocenters. The number of allylic oxidation sites excluding steroid dienone is 2. The summed E-state index contributed by atoms with van der Waals surface area (Å²) in [7, 11) is 0. The van der Waals surface area contributed by atoms with Gasteiger partial charge in [-0.2, -0.15) is 0 Å². The standard InChI is InChI=1S/C51H39N3O/c1-31-13-6-8-17-38(31)48-32(2)47(36-24-23-33-14-4-3-5-16-35(33)29-36)52-51(53-48)37-26-27-41-43-20-12-22-45(50(43)55-46(41)30-37)54-44-21-11-10-19-40(44)42-28-25-34-15-7-9-18-39(34)49(42)54/h4-30,32,41,46,48H,3H2,1-2H3. The Morgan fingerprint density at radius 2 is 1.51 bits per heavy atom. The van der Waals surface area contributed by atoms with Crippen molar-refractivity contribution in [3.8, 4) is 11.4 Å². The summed E-state index contributed by atoms with van der Waals surface area (Å²) in [6, 6.07) is 43.8. The fraction of sp³-hybridized carbons (Fsp3) is 0.137. The van der Waals surface area contributed by atoms with Gasteiger partial charge in [0.05, 0.1) is 28.5 Å². The first-order valence-corrected chi connectivity index (χ1v) is 19.4. The number of aromatic nitrogens is 1. The van der Waals surface area contributed by atoms with E-state index in [1.54, 1.807) is 0 Å². The molecule has 4 atom stereocenters. The number of nitrogens with zero attached hydrogens (tertiary/aromatic N) is 3. The second-order valence-corrected chi connectivity index (χ2v) is 15.2. The molecule has 0 amide bonds. The highest BCUT2D eigenvalue weighted by atomic mass is 16.5. The van der Waals surface area contributed by atoms with Gasteiger partial charge in [0.25, 0.3) is 0 Å². The first kappa shape index (κ1) is 32.0. The third kappa shape index (κ3) is 5.05. The average Bonchev–Trinajstić information content (AvgIpc) is 3.67. The van der Waals surface area contributed by atoms with Crippen molar-refractivity contribution in [1.29, 1.82) is 0 Å². The molecular formula is C51H39N3O. The summed E-state index contributed by atoms with van der Waals surface area (Å²) in [5, 5.41) is 4.94. The number of amidine groups is 1. The van der Waals surface area contributed by atoms with Crippen molar-refractivity contribution in [2.24, 2.45) is 15.9 Å². The van der Waals surface area contributed by atoms with Crippen LogP contribution in [-0.2, 0) is 0 Å². The molecule has 0 saturated heterocycles. The van der Waals surface area contributed by atoms with Crippen molar-refractivity contribution in [3.63, 3.8) is 0 Å². The minimum Gasteiger partial charge on any atom is -0.483 e. The molecule has 0 spiro atoms. The maximum Gasteiger partial charge on any atom is 0.155 e. The zero-order valence-electron chi connectivity index (χ0n) is 30.9. The third-order valence-electron chi connectivity index (χ3n) is 12.0.